The Morgan fingerprint density at radius 2 is 1.82 bits per heavy atom. The van der Waals surface area contributed by atoms with Crippen LogP contribution in [-0.4, -0.2) is 11.9 Å². The number of carbonyl (C=O) groups is 2. The van der Waals surface area contributed by atoms with Gasteiger partial charge in [-0.1, -0.05) is 30.3 Å². The summed E-state index contributed by atoms with van der Waals surface area (Å²) >= 11 is 0. The number of benzene rings is 1. The average molecular weight is 234 g/mol. The van der Waals surface area contributed by atoms with Gasteiger partial charge in [0.2, 0.25) is 0 Å². The first-order valence-electron chi connectivity index (χ1n) is 5.14. The summed E-state index contributed by atoms with van der Waals surface area (Å²) in [7, 11) is 0. The second-order valence-electron chi connectivity index (χ2n) is 3.47. The van der Waals surface area contributed by atoms with Gasteiger partial charge < -0.3 is 9.47 Å². The number of esters is 2. The first-order chi connectivity index (χ1) is 8.09. The molecule has 0 bridgehead atoms. The quantitative estimate of drug-likeness (QED) is 0.455. The van der Waals surface area contributed by atoms with Crippen LogP contribution in [0.15, 0.2) is 42.2 Å². The molecule has 4 heteroatoms. The van der Waals surface area contributed by atoms with Crippen LogP contribution in [0.5, 0.6) is 0 Å². The monoisotopic (exact) mass is 234 g/mol. The van der Waals surface area contributed by atoms with Gasteiger partial charge in [0.05, 0.1) is 5.57 Å². The van der Waals surface area contributed by atoms with Gasteiger partial charge in [0, 0.05) is 6.92 Å². The zero-order valence-corrected chi connectivity index (χ0v) is 9.80. The summed E-state index contributed by atoms with van der Waals surface area (Å²) in [5.41, 5.74) is 1.15. The Hall–Kier alpha value is -2.10. The molecule has 0 unspecified atom stereocenters. The van der Waals surface area contributed by atoms with Crippen molar-refractivity contribution in [1.82, 2.24) is 0 Å². The minimum atomic E-state index is -0.505. The van der Waals surface area contributed by atoms with Crippen LogP contribution in [0.1, 0.15) is 19.4 Å². The number of hydrogen-bond donors (Lipinski definition) is 0. The van der Waals surface area contributed by atoms with Crippen molar-refractivity contribution in [1.29, 1.82) is 0 Å². The normalized spacial score (nSPS) is 10.8. The molecule has 0 saturated heterocycles. The van der Waals surface area contributed by atoms with Crippen LogP contribution >= 0.6 is 0 Å². The second-order valence-corrected chi connectivity index (χ2v) is 3.47. The first kappa shape index (κ1) is 13.0. The van der Waals surface area contributed by atoms with Gasteiger partial charge >= 0.3 is 11.9 Å². The highest BCUT2D eigenvalue weighted by molar-refractivity contribution is 5.87. The molecule has 0 amide bonds. The van der Waals surface area contributed by atoms with E-state index in [0.29, 0.717) is 0 Å². The highest BCUT2D eigenvalue weighted by Gasteiger charge is 2.06. The highest BCUT2D eigenvalue weighted by atomic mass is 16.5. The molecule has 4 nitrogen and oxygen atoms in total. The van der Waals surface area contributed by atoms with Gasteiger partial charge in [0.15, 0.2) is 0 Å². The Morgan fingerprint density at radius 1 is 1.18 bits per heavy atom. The predicted octanol–water partition coefficient (Wildman–Crippen LogP) is 2.20. The molecule has 0 atom stereocenters. The van der Waals surface area contributed by atoms with Gasteiger partial charge in [-0.15, -0.1) is 0 Å². The summed E-state index contributed by atoms with van der Waals surface area (Å²) in [4.78, 5) is 22.0. The fourth-order valence-corrected chi connectivity index (χ4v) is 1.06. The van der Waals surface area contributed by atoms with E-state index in [2.05, 4.69) is 4.74 Å². The van der Waals surface area contributed by atoms with Crippen molar-refractivity contribution in [3.05, 3.63) is 47.7 Å². The van der Waals surface area contributed by atoms with E-state index >= 15 is 0 Å². The van der Waals surface area contributed by atoms with Gasteiger partial charge in [0.1, 0.15) is 12.9 Å². The molecule has 1 aromatic rings. The molecule has 17 heavy (non-hydrogen) atoms. The summed E-state index contributed by atoms with van der Waals surface area (Å²) in [6, 6.07) is 9.34. The van der Waals surface area contributed by atoms with Gasteiger partial charge in [-0.3, -0.25) is 4.79 Å². The van der Waals surface area contributed by atoms with E-state index in [1.807, 2.05) is 30.3 Å². The molecule has 0 aliphatic heterocycles. The van der Waals surface area contributed by atoms with E-state index in [1.54, 1.807) is 0 Å². The van der Waals surface area contributed by atoms with Crippen molar-refractivity contribution < 1.29 is 19.1 Å². The van der Waals surface area contributed by atoms with Crippen LogP contribution in [0.2, 0.25) is 0 Å². The molecule has 0 radical (unpaired) electrons. The van der Waals surface area contributed by atoms with Crippen LogP contribution in [0.4, 0.5) is 0 Å². The van der Waals surface area contributed by atoms with E-state index in [9.17, 15) is 9.59 Å². The lowest BCUT2D eigenvalue weighted by atomic mass is 10.2. The molecule has 0 N–H and O–H groups in total. The van der Waals surface area contributed by atoms with Crippen LogP contribution in [0, 0.1) is 0 Å². The van der Waals surface area contributed by atoms with Crippen molar-refractivity contribution in [2.24, 2.45) is 0 Å². The molecule has 0 aliphatic rings. The Morgan fingerprint density at radius 3 is 2.41 bits per heavy atom. The smallest absolute Gasteiger partial charge is 0.337 e. The van der Waals surface area contributed by atoms with Crippen LogP contribution in [0.3, 0.4) is 0 Å². The summed E-state index contributed by atoms with van der Waals surface area (Å²) in [5.74, 6) is -0.977. The number of hydrogen-bond acceptors (Lipinski definition) is 4. The second kappa shape index (κ2) is 6.48. The lowest BCUT2D eigenvalue weighted by Gasteiger charge is -2.04. The van der Waals surface area contributed by atoms with Crippen LogP contribution in [-0.2, 0) is 25.7 Å². The number of carbonyl (C=O) groups excluding carboxylic acids is 2. The van der Waals surface area contributed by atoms with E-state index in [0.717, 1.165) is 11.8 Å². The van der Waals surface area contributed by atoms with Crippen molar-refractivity contribution in [2.75, 3.05) is 0 Å². The topological polar surface area (TPSA) is 52.6 Å². The van der Waals surface area contributed by atoms with Crippen LogP contribution in [0.25, 0.3) is 0 Å². The summed E-state index contributed by atoms with van der Waals surface area (Å²) in [6.07, 6.45) is 1.09. The van der Waals surface area contributed by atoms with Crippen molar-refractivity contribution in [2.45, 2.75) is 20.5 Å². The molecule has 1 aromatic carbocycles. The van der Waals surface area contributed by atoms with E-state index in [1.165, 1.54) is 13.8 Å². The van der Waals surface area contributed by atoms with Crippen molar-refractivity contribution in [3.8, 4) is 0 Å². The van der Waals surface area contributed by atoms with Gasteiger partial charge in [-0.05, 0) is 12.5 Å². The van der Waals surface area contributed by atoms with Crippen molar-refractivity contribution >= 4 is 11.9 Å². The molecule has 0 saturated carbocycles. The molecule has 0 aromatic heterocycles. The molecule has 0 fully saturated rings. The molecule has 90 valence electrons. The summed E-state index contributed by atoms with van der Waals surface area (Å²) in [6.45, 7) is 2.99. The Balaban J connectivity index is 2.44. The fourth-order valence-electron chi connectivity index (χ4n) is 1.06. The number of ether oxygens (including phenoxy) is 2. The predicted molar refractivity (Wildman–Crippen MR) is 61.8 cm³/mol. The fraction of sp³-hybridized carbons (Fsp3) is 0.231. The molecule has 0 heterocycles. The van der Waals surface area contributed by atoms with Gasteiger partial charge in [-0.25, -0.2) is 4.79 Å². The largest absolute Gasteiger partial charge is 0.457 e. The maximum absolute atomic E-state index is 11.4. The molecular weight excluding hydrogens is 220 g/mol. The molecule has 0 aliphatic carbocycles. The van der Waals surface area contributed by atoms with Crippen LogP contribution < -0.4 is 0 Å². The summed E-state index contributed by atoms with van der Waals surface area (Å²) < 4.78 is 9.60. The van der Waals surface area contributed by atoms with Gasteiger partial charge in [-0.2, -0.15) is 0 Å². The maximum Gasteiger partial charge on any atom is 0.337 e. The Labute approximate surface area is 99.8 Å². The standard InChI is InChI=1S/C13H14O4/c1-10(8-16-11(2)14)13(15)17-9-12-6-4-3-5-7-12/h3-8H,9H2,1-2H3. The van der Waals surface area contributed by atoms with E-state index in [-0.39, 0.29) is 12.2 Å². The summed E-state index contributed by atoms with van der Waals surface area (Å²) in [5, 5.41) is 0. The third kappa shape index (κ3) is 4.97. The SMILES string of the molecule is CC(=O)OC=C(C)C(=O)OCc1ccccc1. The van der Waals surface area contributed by atoms with E-state index < -0.39 is 11.9 Å². The third-order valence-electron chi connectivity index (χ3n) is 1.94. The molecular formula is C13H14O4. The zero-order valence-electron chi connectivity index (χ0n) is 9.80. The zero-order chi connectivity index (χ0) is 12.7. The lowest BCUT2D eigenvalue weighted by Crippen LogP contribution is -2.07. The minimum Gasteiger partial charge on any atom is -0.457 e. The minimum absolute atomic E-state index is 0.199. The Kier molecular flexibility index (Phi) is 4.94. The van der Waals surface area contributed by atoms with E-state index in [4.69, 9.17) is 4.74 Å². The van der Waals surface area contributed by atoms with Crippen molar-refractivity contribution in [3.63, 3.8) is 0 Å². The lowest BCUT2D eigenvalue weighted by molar-refractivity contribution is -0.140. The third-order valence-corrected chi connectivity index (χ3v) is 1.94. The van der Waals surface area contributed by atoms with Gasteiger partial charge in [0.25, 0.3) is 0 Å². The number of rotatable bonds is 4. The highest BCUT2D eigenvalue weighted by Crippen LogP contribution is 2.04. The molecule has 0 spiro atoms. The maximum atomic E-state index is 11.4. The average Bonchev–Trinajstić information content (AvgIpc) is 2.34. The first-order valence-corrected chi connectivity index (χ1v) is 5.14. The Bertz CT molecular complexity index is 420. The molecule has 1 rings (SSSR count).